The first-order chi connectivity index (χ1) is 7.83. The number of hydrogen-bond acceptors (Lipinski definition) is 4. The molecule has 0 saturated heterocycles. The molecule has 0 saturated carbocycles. The minimum Gasteiger partial charge on any atom is -0.303 e. The fourth-order valence-electron chi connectivity index (χ4n) is 1.66. The minimum absolute atomic E-state index is 0.00120. The van der Waals surface area contributed by atoms with Gasteiger partial charge in [0.15, 0.2) is 5.82 Å². The fourth-order valence-corrected chi connectivity index (χ4v) is 1.66. The molecule has 1 atom stereocenters. The predicted molar refractivity (Wildman–Crippen MR) is 60.8 cm³/mol. The molecule has 5 heteroatoms. The van der Waals surface area contributed by atoms with Crippen molar-refractivity contribution in [3.05, 3.63) is 42.2 Å². The van der Waals surface area contributed by atoms with E-state index in [9.17, 15) is 0 Å². The van der Waals surface area contributed by atoms with Crippen LogP contribution >= 0.6 is 0 Å². The van der Waals surface area contributed by atoms with Gasteiger partial charge < -0.3 is 5.32 Å². The zero-order valence-electron chi connectivity index (χ0n) is 9.46. The van der Waals surface area contributed by atoms with E-state index < -0.39 is 0 Å². The quantitative estimate of drug-likeness (QED) is 0.827. The molecule has 0 spiro atoms. The van der Waals surface area contributed by atoms with Gasteiger partial charge in [-0.3, -0.25) is 4.68 Å². The Bertz CT molecular complexity index is 437. The van der Waals surface area contributed by atoms with Crippen molar-refractivity contribution in [2.24, 2.45) is 7.05 Å². The van der Waals surface area contributed by atoms with Gasteiger partial charge in [-0.2, -0.15) is 5.10 Å². The van der Waals surface area contributed by atoms with E-state index in [1.54, 1.807) is 18.6 Å². The molecule has 0 aliphatic carbocycles. The van der Waals surface area contributed by atoms with Gasteiger partial charge in [0.1, 0.15) is 6.04 Å². The molecular weight excluding hydrogens is 202 g/mol. The van der Waals surface area contributed by atoms with Crippen LogP contribution in [0.25, 0.3) is 0 Å². The normalized spacial score (nSPS) is 12.6. The van der Waals surface area contributed by atoms with Gasteiger partial charge in [-0.25, -0.2) is 9.97 Å². The van der Waals surface area contributed by atoms with E-state index in [1.807, 2.05) is 23.9 Å². The SMILES string of the molecule is CCNC(c1ncccn1)c1ccnn1C. The molecule has 0 fully saturated rings. The second-order valence-electron chi connectivity index (χ2n) is 3.48. The average Bonchev–Trinajstić information content (AvgIpc) is 2.73. The van der Waals surface area contributed by atoms with Crippen LogP contribution in [-0.2, 0) is 7.05 Å². The standard InChI is InChI=1S/C11H15N5/c1-3-12-10(9-5-8-15-16(9)2)11-13-6-4-7-14-11/h4-8,10,12H,3H2,1-2H3. The summed E-state index contributed by atoms with van der Waals surface area (Å²) in [5.41, 5.74) is 1.06. The molecule has 5 nitrogen and oxygen atoms in total. The highest BCUT2D eigenvalue weighted by atomic mass is 15.3. The van der Waals surface area contributed by atoms with Gasteiger partial charge in [0, 0.05) is 25.6 Å². The molecule has 16 heavy (non-hydrogen) atoms. The van der Waals surface area contributed by atoms with Crippen molar-refractivity contribution >= 4 is 0 Å². The first kappa shape index (κ1) is 10.8. The van der Waals surface area contributed by atoms with E-state index in [0.717, 1.165) is 18.1 Å². The summed E-state index contributed by atoms with van der Waals surface area (Å²) in [6, 6.07) is 3.79. The average molecular weight is 217 g/mol. The molecule has 1 unspecified atom stereocenters. The summed E-state index contributed by atoms with van der Waals surface area (Å²) in [6.45, 7) is 2.92. The Hall–Kier alpha value is -1.75. The van der Waals surface area contributed by atoms with Crippen LogP contribution in [0.15, 0.2) is 30.7 Å². The van der Waals surface area contributed by atoms with Gasteiger partial charge in [-0.05, 0) is 18.7 Å². The highest BCUT2D eigenvalue weighted by Gasteiger charge is 2.18. The van der Waals surface area contributed by atoms with Crippen LogP contribution in [0.4, 0.5) is 0 Å². The van der Waals surface area contributed by atoms with Gasteiger partial charge in [-0.15, -0.1) is 0 Å². The van der Waals surface area contributed by atoms with Crippen LogP contribution in [0.5, 0.6) is 0 Å². The summed E-state index contributed by atoms with van der Waals surface area (Å²) >= 11 is 0. The van der Waals surface area contributed by atoms with Gasteiger partial charge in [0.05, 0.1) is 5.69 Å². The summed E-state index contributed by atoms with van der Waals surface area (Å²) in [7, 11) is 1.92. The molecular formula is C11H15N5. The van der Waals surface area contributed by atoms with Crippen molar-refractivity contribution < 1.29 is 0 Å². The molecule has 2 rings (SSSR count). The summed E-state index contributed by atoms with van der Waals surface area (Å²) in [6.07, 6.45) is 5.29. The third-order valence-electron chi connectivity index (χ3n) is 2.41. The number of hydrogen-bond donors (Lipinski definition) is 1. The predicted octanol–water partition coefficient (Wildman–Crippen LogP) is 0.909. The number of aryl methyl sites for hydroxylation is 1. The largest absolute Gasteiger partial charge is 0.303 e. The van der Waals surface area contributed by atoms with Crippen LogP contribution in [0.2, 0.25) is 0 Å². The van der Waals surface area contributed by atoms with Crippen molar-refractivity contribution in [2.75, 3.05) is 6.54 Å². The van der Waals surface area contributed by atoms with Crippen molar-refractivity contribution in [1.29, 1.82) is 0 Å². The van der Waals surface area contributed by atoms with E-state index in [-0.39, 0.29) is 6.04 Å². The molecule has 0 aliphatic heterocycles. The van der Waals surface area contributed by atoms with Gasteiger partial charge in [0.25, 0.3) is 0 Å². The highest BCUT2D eigenvalue weighted by molar-refractivity contribution is 5.16. The zero-order chi connectivity index (χ0) is 11.4. The second-order valence-corrected chi connectivity index (χ2v) is 3.48. The Balaban J connectivity index is 2.35. The maximum absolute atomic E-state index is 4.28. The number of aromatic nitrogens is 4. The number of nitrogens with zero attached hydrogens (tertiary/aromatic N) is 4. The minimum atomic E-state index is -0.00120. The third-order valence-corrected chi connectivity index (χ3v) is 2.41. The summed E-state index contributed by atoms with van der Waals surface area (Å²) in [5.74, 6) is 0.771. The maximum atomic E-state index is 4.28. The highest BCUT2D eigenvalue weighted by Crippen LogP contribution is 2.16. The molecule has 0 radical (unpaired) electrons. The maximum Gasteiger partial charge on any atom is 0.151 e. The Morgan fingerprint density at radius 1 is 1.31 bits per heavy atom. The van der Waals surface area contributed by atoms with Crippen LogP contribution in [-0.4, -0.2) is 26.3 Å². The lowest BCUT2D eigenvalue weighted by molar-refractivity contribution is 0.548. The fraction of sp³-hybridized carbons (Fsp3) is 0.364. The molecule has 84 valence electrons. The molecule has 2 aromatic heterocycles. The molecule has 0 bridgehead atoms. The Labute approximate surface area is 94.5 Å². The summed E-state index contributed by atoms with van der Waals surface area (Å²) < 4.78 is 1.84. The van der Waals surface area contributed by atoms with Crippen LogP contribution in [0.3, 0.4) is 0 Å². The Morgan fingerprint density at radius 2 is 2.06 bits per heavy atom. The molecule has 0 aromatic carbocycles. The first-order valence-corrected chi connectivity index (χ1v) is 5.31. The van der Waals surface area contributed by atoms with Gasteiger partial charge >= 0.3 is 0 Å². The van der Waals surface area contributed by atoms with Crippen molar-refractivity contribution in [1.82, 2.24) is 25.1 Å². The zero-order valence-corrected chi connectivity index (χ0v) is 9.46. The third kappa shape index (κ3) is 2.09. The number of nitrogens with one attached hydrogen (secondary N) is 1. The van der Waals surface area contributed by atoms with Crippen LogP contribution in [0, 0.1) is 0 Å². The van der Waals surface area contributed by atoms with Crippen LogP contribution in [0.1, 0.15) is 24.5 Å². The van der Waals surface area contributed by atoms with Crippen molar-refractivity contribution in [2.45, 2.75) is 13.0 Å². The van der Waals surface area contributed by atoms with Crippen LogP contribution < -0.4 is 5.32 Å². The van der Waals surface area contributed by atoms with E-state index in [4.69, 9.17) is 0 Å². The number of rotatable bonds is 4. The smallest absolute Gasteiger partial charge is 0.151 e. The lowest BCUT2D eigenvalue weighted by atomic mass is 10.2. The Morgan fingerprint density at radius 3 is 2.62 bits per heavy atom. The Kier molecular flexibility index (Phi) is 3.26. The van der Waals surface area contributed by atoms with E-state index in [0.29, 0.717) is 0 Å². The first-order valence-electron chi connectivity index (χ1n) is 5.31. The van der Waals surface area contributed by atoms with E-state index in [1.165, 1.54) is 0 Å². The van der Waals surface area contributed by atoms with Crippen molar-refractivity contribution in [3.63, 3.8) is 0 Å². The van der Waals surface area contributed by atoms with Crippen molar-refractivity contribution in [3.8, 4) is 0 Å². The lowest BCUT2D eigenvalue weighted by Gasteiger charge is -2.16. The monoisotopic (exact) mass is 217 g/mol. The van der Waals surface area contributed by atoms with E-state index >= 15 is 0 Å². The molecule has 0 aliphatic rings. The van der Waals surface area contributed by atoms with Gasteiger partial charge in [0.2, 0.25) is 0 Å². The molecule has 2 aromatic rings. The molecule has 0 amide bonds. The topological polar surface area (TPSA) is 55.6 Å². The summed E-state index contributed by atoms with van der Waals surface area (Å²) in [4.78, 5) is 8.56. The van der Waals surface area contributed by atoms with Gasteiger partial charge in [-0.1, -0.05) is 6.92 Å². The second kappa shape index (κ2) is 4.85. The lowest BCUT2D eigenvalue weighted by Crippen LogP contribution is -2.25. The molecule has 1 N–H and O–H groups in total. The summed E-state index contributed by atoms with van der Waals surface area (Å²) in [5, 5.41) is 7.52. The van der Waals surface area contributed by atoms with E-state index in [2.05, 4.69) is 27.3 Å². The molecule has 2 heterocycles.